The average Bonchev–Trinajstić information content (AvgIpc) is 2.73. The zero-order chi connectivity index (χ0) is 12.8. The zero-order valence-corrected chi connectivity index (χ0v) is 9.69. The summed E-state index contributed by atoms with van der Waals surface area (Å²) < 4.78 is 14.4. The van der Waals surface area contributed by atoms with Crippen LogP contribution in [0.1, 0.15) is 33.6 Å². The first-order valence-corrected chi connectivity index (χ1v) is 5.13. The van der Waals surface area contributed by atoms with Crippen LogP contribution in [0.4, 0.5) is 0 Å². The molecule has 94 valence electrons. The van der Waals surface area contributed by atoms with Gasteiger partial charge in [-0.2, -0.15) is 0 Å². The molecule has 0 atom stereocenters. The van der Waals surface area contributed by atoms with Gasteiger partial charge in [0.2, 0.25) is 5.76 Å². The Balaban J connectivity index is 3.03. The average molecular weight is 242 g/mol. The predicted molar refractivity (Wildman–Crippen MR) is 56.8 cm³/mol. The third kappa shape index (κ3) is 3.07. The highest BCUT2D eigenvalue weighted by molar-refractivity contribution is 5.94. The Bertz CT molecular complexity index is 406. The molecule has 17 heavy (non-hydrogen) atoms. The smallest absolute Gasteiger partial charge is 0.374 e. The number of furan rings is 1. The number of aliphatic hydroxyl groups excluding tert-OH is 1. The highest BCUT2D eigenvalue weighted by atomic mass is 16.5. The summed E-state index contributed by atoms with van der Waals surface area (Å²) in [5, 5.41) is 8.82. The molecule has 0 saturated heterocycles. The van der Waals surface area contributed by atoms with Crippen LogP contribution in [0.5, 0.6) is 0 Å². The van der Waals surface area contributed by atoms with E-state index >= 15 is 0 Å². The largest absolute Gasteiger partial charge is 0.465 e. The Morgan fingerprint density at radius 1 is 1.41 bits per heavy atom. The van der Waals surface area contributed by atoms with Gasteiger partial charge < -0.3 is 19.0 Å². The SMILES string of the molecule is CCOC(=O)c1cc(C(=O)OC)c(CCO)o1. The molecular weight excluding hydrogens is 228 g/mol. The van der Waals surface area contributed by atoms with E-state index in [0.717, 1.165) is 0 Å². The van der Waals surface area contributed by atoms with Crippen LogP contribution in [0, 0.1) is 0 Å². The fraction of sp³-hybridized carbons (Fsp3) is 0.455. The molecule has 1 N–H and O–H groups in total. The first-order valence-electron chi connectivity index (χ1n) is 5.13. The number of esters is 2. The Morgan fingerprint density at radius 2 is 2.12 bits per heavy atom. The minimum Gasteiger partial charge on any atom is -0.465 e. The van der Waals surface area contributed by atoms with Crippen molar-refractivity contribution in [1.29, 1.82) is 0 Å². The number of carbonyl (C=O) groups is 2. The molecule has 0 radical (unpaired) electrons. The normalized spacial score (nSPS) is 10.1. The molecule has 0 spiro atoms. The summed E-state index contributed by atoms with van der Waals surface area (Å²) in [7, 11) is 1.22. The standard InChI is InChI=1S/C11H14O6/c1-3-16-11(14)9-6-7(10(13)15-2)8(17-9)4-5-12/h6,12H,3-5H2,1-2H3. The van der Waals surface area contributed by atoms with E-state index in [1.54, 1.807) is 6.92 Å². The molecule has 0 bridgehead atoms. The van der Waals surface area contributed by atoms with Gasteiger partial charge >= 0.3 is 11.9 Å². The van der Waals surface area contributed by atoms with Gasteiger partial charge in [-0.25, -0.2) is 9.59 Å². The quantitative estimate of drug-likeness (QED) is 0.768. The summed E-state index contributed by atoms with van der Waals surface area (Å²) in [6, 6.07) is 1.26. The van der Waals surface area contributed by atoms with Crippen LogP contribution in [-0.2, 0) is 15.9 Å². The van der Waals surface area contributed by atoms with Gasteiger partial charge in [-0.05, 0) is 6.92 Å². The lowest BCUT2D eigenvalue weighted by Crippen LogP contribution is -2.04. The van der Waals surface area contributed by atoms with Gasteiger partial charge in [0.05, 0.1) is 20.3 Å². The fourth-order valence-electron chi connectivity index (χ4n) is 1.30. The van der Waals surface area contributed by atoms with Crippen LogP contribution in [0.15, 0.2) is 10.5 Å². The molecule has 0 aliphatic heterocycles. The van der Waals surface area contributed by atoms with Crippen LogP contribution in [0.3, 0.4) is 0 Å². The summed E-state index contributed by atoms with van der Waals surface area (Å²) in [5.74, 6) is -1.13. The number of hydrogen-bond donors (Lipinski definition) is 1. The van der Waals surface area contributed by atoms with Gasteiger partial charge in [0.15, 0.2) is 0 Å². The summed E-state index contributed by atoms with van der Waals surface area (Å²) in [6.07, 6.45) is 0.129. The van der Waals surface area contributed by atoms with Crippen molar-refractivity contribution in [3.63, 3.8) is 0 Å². The summed E-state index contributed by atoms with van der Waals surface area (Å²) >= 11 is 0. The molecule has 1 heterocycles. The maximum Gasteiger partial charge on any atom is 0.374 e. The van der Waals surface area contributed by atoms with Gasteiger partial charge in [-0.3, -0.25) is 0 Å². The Kier molecular flexibility index (Phi) is 4.71. The van der Waals surface area contributed by atoms with Crippen molar-refractivity contribution in [3.05, 3.63) is 23.2 Å². The molecule has 1 aromatic heterocycles. The van der Waals surface area contributed by atoms with Crippen molar-refractivity contribution in [1.82, 2.24) is 0 Å². The van der Waals surface area contributed by atoms with Crippen LogP contribution in [0.25, 0.3) is 0 Å². The first-order chi connectivity index (χ1) is 8.13. The Hall–Kier alpha value is -1.82. The van der Waals surface area contributed by atoms with E-state index in [4.69, 9.17) is 14.3 Å². The Labute approximate surface area is 98.1 Å². The first kappa shape index (κ1) is 13.2. The second-order valence-corrected chi connectivity index (χ2v) is 3.13. The van der Waals surface area contributed by atoms with E-state index in [9.17, 15) is 9.59 Å². The maximum absolute atomic E-state index is 11.4. The highest BCUT2D eigenvalue weighted by Crippen LogP contribution is 2.18. The number of methoxy groups -OCH3 is 1. The lowest BCUT2D eigenvalue weighted by Gasteiger charge is -1.98. The number of rotatable bonds is 5. The van der Waals surface area contributed by atoms with E-state index in [2.05, 4.69) is 4.74 Å². The third-order valence-corrected chi connectivity index (χ3v) is 2.03. The molecule has 0 unspecified atom stereocenters. The molecule has 6 nitrogen and oxygen atoms in total. The van der Waals surface area contributed by atoms with Crippen LogP contribution >= 0.6 is 0 Å². The molecule has 0 aliphatic rings. The molecule has 0 aliphatic carbocycles. The third-order valence-electron chi connectivity index (χ3n) is 2.03. The second-order valence-electron chi connectivity index (χ2n) is 3.13. The minimum absolute atomic E-state index is 0.0734. The van der Waals surface area contributed by atoms with E-state index in [1.807, 2.05) is 0 Å². The summed E-state index contributed by atoms with van der Waals surface area (Å²) in [6.45, 7) is 1.68. The number of ether oxygens (including phenoxy) is 2. The van der Waals surface area contributed by atoms with Gasteiger partial charge in [0.25, 0.3) is 0 Å². The number of aliphatic hydroxyl groups is 1. The van der Waals surface area contributed by atoms with Gasteiger partial charge in [-0.15, -0.1) is 0 Å². The minimum atomic E-state index is -0.651. The molecular formula is C11H14O6. The van der Waals surface area contributed by atoms with Crippen LogP contribution in [-0.4, -0.2) is 37.4 Å². The lowest BCUT2D eigenvalue weighted by molar-refractivity contribution is 0.0486. The van der Waals surface area contributed by atoms with E-state index in [-0.39, 0.29) is 36.7 Å². The van der Waals surface area contributed by atoms with Gasteiger partial charge in [0, 0.05) is 12.5 Å². The van der Waals surface area contributed by atoms with E-state index in [1.165, 1.54) is 13.2 Å². The van der Waals surface area contributed by atoms with Crippen molar-refractivity contribution in [2.24, 2.45) is 0 Å². The van der Waals surface area contributed by atoms with Crippen molar-refractivity contribution in [2.45, 2.75) is 13.3 Å². The molecule has 1 rings (SSSR count). The number of carbonyl (C=O) groups excluding carboxylic acids is 2. The number of hydrogen-bond acceptors (Lipinski definition) is 6. The fourth-order valence-corrected chi connectivity index (χ4v) is 1.30. The molecule has 1 aromatic rings. The monoisotopic (exact) mass is 242 g/mol. The van der Waals surface area contributed by atoms with Gasteiger partial charge in [-0.1, -0.05) is 0 Å². The van der Waals surface area contributed by atoms with Crippen LogP contribution < -0.4 is 0 Å². The highest BCUT2D eigenvalue weighted by Gasteiger charge is 2.22. The molecule has 0 amide bonds. The van der Waals surface area contributed by atoms with Gasteiger partial charge in [0.1, 0.15) is 11.3 Å². The maximum atomic E-state index is 11.4. The van der Waals surface area contributed by atoms with Crippen molar-refractivity contribution >= 4 is 11.9 Å². The van der Waals surface area contributed by atoms with Crippen molar-refractivity contribution in [3.8, 4) is 0 Å². The summed E-state index contributed by atoms with van der Waals surface area (Å²) in [5.41, 5.74) is 0.129. The zero-order valence-electron chi connectivity index (χ0n) is 9.69. The van der Waals surface area contributed by atoms with Crippen molar-refractivity contribution < 1.29 is 28.6 Å². The molecule has 0 saturated carbocycles. The van der Waals surface area contributed by atoms with E-state index < -0.39 is 11.9 Å². The van der Waals surface area contributed by atoms with Crippen molar-refractivity contribution in [2.75, 3.05) is 20.3 Å². The van der Waals surface area contributed by atoms with Crippen LogP contribution in [0.2, 0.25) is 0 Å². The molecule has 0 aromatic carbocycles. The summed E-state index contributed by atoms with van der Waals surface area (Å²) in [4.78, 5) is 22.8. The van der Waals surface area contributed by atoms with E-state index in [0.29, 0.717) is 0 Å². The molecule has 0 fully saturated rings. The lowest BCUT2D eigenvalue weighted by atomic mass is 10.2. The second kappa shape index (κ2) is 6.05. The predicted octanol–water partition coefficient (Wildman–Crippen LogP) is 0.778. The Morgan fingerprint density at radius 3 is 2.65 bits per heavy atom. The molecule has 6 heteroatoms. The topological polar surface area (TPSA) is 86.0 Å².